The van der Waals surface area contributed by atoms with Gasteiger partial charge in [0, 0.05) is 12.2 Å². The lowest BCUT2D eigenvalue weighted by Crippen LogP contribution is -2.29. The number of nitrogens with zero attached hydrogens (tertiary/aromatic N) is 1. The first-order chi connectivity index (χ1) is 10.6. The highest BCUT2D eigenvalue weighted by Gasteiger charge is 2.09. The van der Waals surface area contributed by atoms with Crippen LogP contribution in [-0.4, -0.2) is 31.5 Å². The molecule has 1 N–H and O–H groups in total. The highest BCUT2D eigenvalue weighted by molar-refractivity contribution is 6.32. The molecule has 0 saturated heterocycles. The summed E-state index contributed by atoms with van der Waals surface area (Å²) in [5.74, 6) is 0.500. The lowest BCUT2D eigenvalue weighted by Gasteiger charge is -2.16. The molecule has 0 unspecified atom stereocenters. The number of carbonyl (C=O) groups excluding carboxylic acids is 1. The molecule has 0 aliphatic heterocycles. The van der Waals surface area contributed by atoms with E-state index in [0.717, 1.165) is 6.54 Å². The van der Waals surface area contributed by atoms with Gasteiger partial charge in [0.05, 0.1) is 18.7 Å². The van der Waals surface area contributed by atoms with Crippen molar-refractivity contribution in [3.05, 3.63) is 59.1 Å². The standard InChI is InChI=1S/C17H19ClN2O2/c1-20(11-13-6-4-3-5-7-13)12-17(21)19-14-8-9-16(22-2)15(18)10-14/h3-10H,11-12H2,1-2H3,(H,19,21). The molecule has 0 fully saturated rings. The van der Waals surface area contributed by atoms with E-state index in [-0.39, 0.29) is 5.91 Å². The maximum absolute atomic E-state index is 12.1. The number of ether oxygens (including phenoxy) is 1. The van der Waals surface area contributed by atoms with Crippen molar-refractivity contribution in [2.75, 3.05) is 26.0 Å². The van der Waals surface area contributed by atoms with Crippen LogP contribution >= 0.6 is 11.6 Å². The van der Waals surface area contributed by atoms with Gasteiger partial charge < -0.3 is 10.1 Å². The SMILES string of the molecule is COc1ccc(NC(=O)CN(C)Cc2ccccc2)cc1Cl. The third kappa shape index (κ3) is 4.76. The Morgan fingerprint density at radius 1 is 1.23 bits per heavy atom. The minimum atomic E-state index is -0.0836. The van der Waals surface area contributed by atoms with Crippen molar-refractivity contribution in [1.82, 2.24) is 4.90 Å². The third-order valence-electron chi connectivity index (χ3n) is 3.14. The number of amides is 1. The number of anilines is 1. The summed E-state index contributed by atoms with van der Waals surface area (Å²) >= 11 is 6.04. The molecule has 0 saturated carbocycles. The van der Waals surface area contributed by atoms with Crippen LogP contribution < -0.4 is 10.1 Å². The lowest BCUT2D eigenvalue weighted by atomic mass is 10.2. The minimum absolute atomic E-state index is 0.0836. The van der Waals surface area contributed by atoms with Crippen LogP contribution in [0.25, 0.3) is 0 Å². The molecule has 2 aromatic rings. The normalized spacial score (nSPS) is 10.5. The van der Waals surface area contributed by atoms with Gasteiger partial charge in [0.2, 0.25) is 5.91 Å². The van der Waals surface area contributed by atoms with Crippen LogP contribution in [0.1, 0.15) is 5.56 Å². The summed E-state index contributed by atoms with van der Waals surface area (Å²) in [6, 6.07) is 15.2. The monoisotopic (exact) mass is 318 g/mol. The van der Waals surface area contributed by atoms with E-state index < -0.39 is 0 Å². The lowest BCUT2D eigenvalue weighted by molar-refractivity contribution is -0.117. The Balaban J connectivity index is 1.88. The van der Waals surface area contributed by atoms with Crippen LogP contribution in [0.2, 0.25) is 5.02 Å². The highest BCUT2D eigenvalue weighted by atomic mass is 35.5. The molecule has 5 heteroatoms. The summed E-state index contributed by atoms with van der Waals surface area (Å²) in [6.07, 6.45) is 0. The molecular formula is C17H19ClN2O2. The second-order valence-corrected chi connectivity index (χ2v) is 5.46. The number of rotatable bonds is 6. The van der Waals surface area contributed by atoms with E-state index in [0.29, 0.717) is 23.0 Å². The average molecular weight is 319 g/mol. The number of carbonyl (C=O) groups is 1. The Hall–Kier alpha value is -2.04. The summed E-state index contributed by atoms with van der Waals surface area (Å²) < 4.78 is 5.08. The number of nitrogens with one attached hydrogen (secondary N) is 1. The molecule has 22 heavy (non-hydrogen) atoms. The average Bonchev–Trinajstić information content (AvgIpc) is 2.48. The van der Waals surface area contributed by atoms with Crippen LogP contribution in [0.4, 0.5) is 5.69 Å². The summed E-state index contributed by atoms with van der Waals surface area (Å²) in [5.41, 5.74) is 1.83. The van der Waals surface area contributed by atoms with E-state index in [4.69, 9.17) is 16.3 Å². The smallest absolute Gasteiger partial charge is 0.238 e. The zero-order valence-electron chi connectivity index (χ0n) is 12.7. The molecule has 0 radical (unpaired) electrons. The van der Waals surface area contributed by atoms with Crippen LogP contribution in [-0.2, 0) is 11.3 Å². The Bertz CT molecular complexity index is 632. The molecule has 0 aliphatic carbocycles. The van der Waals surface area contributed by atoms with Crippen LogP contribution in [0, 0.1) is 0 Å². The summed E-state index contributed by atoms with van der Waals surface area (Å²) in [5, 5.41) is 3.30. The Labute approximate surface area is 135 Å². The zero-order valence-corrected chi connectivity index (χ0v) is 13.4. The quantitative estimate of drug-likeness (QED) is 0.887. The Morgan fingerprint density at radius 2 is 1.95 bits per heavy atom. The fourth-order valence-corrected chi connectivity index (χ4v) is 2.40. The molecule has 0 atom stereocenters. The molecule has 0 bridgehead atoms. The molecule has 2 rings (SSSR count). The van der Waals surface area contributed by atoms with E-state index in [9.17, 15) is 4.79 Å². The van der Waals surface area contributed by atoms with Crippen molar-refractivity contribution in [2.45, 2.75) is 6.54 Å². The first-order valence-electron chi connectivity index (χ1n) is 6.94. The molecule has 116 valence electrons. The molecule has 1 amide bonds. The van der Waals surface area contributed by atoms with Crippen molar-refractivity contribution in [3.8, 4) is 5.75 Å². The Morgan fingerprint density at radius 3 is 2.59 bits per heavy atom. The third-order valence-corrected chi connectivity index (χ3v) is 3.44. The fourth-order valence-electron chi connectivity index (χ4n) is 2.14. The van der Waals surface area contributed by atoms with Gasteiger partial charge in [-0.25, -0.2) is 0 Å². The summed E-state index contributed by atoms with van der Waals surface area (Å²) in [4.78, 5) is 14.0. The molecule has 0 heterocycles. The van der Waals surface area contributed by atoms with Crippen LogP contribution in [0.15, 0.2) is 48.5 Å². The van der Waals surface area contributed by atoms with Gasteiger partial charge in [-0.1, -0.05) is 41.9 Å². The van der Waals surface area contributed by atoms with E-state index in [1.807, 2.05) is 42.3 Å². The maximum Gasteiger partial charge on any atom is 0.238 e. The van der Waals surface area contributed by atoms with Crippen molar-refractivity contribution in [1.29, 1.82) is 0 Å². The minimum Gasteiger partial charge on any atom is -0.495 e. The van der Waals surface area contributed by atoms with Gasteiger partial charge in [0.25, 0.3) is 0 Å². The van der Waals surface area contributed by atoms with Gasteiger partial charge in [0.1, 0.15) is 5.75 Å². The molecular weight excluding hydrogens is 300 g/mol. The number of likely N-dealkylation sites (N-methyl/N-ethyl adjacent to an activating group) is 1. The van der Waals surface area contributed by atoms with Crippen LogP contribution in [0.5, 0.6) is 5.75 Å². The number of hydrogen-bond acceptors (Lipinski definition) is 3. The fraction of sp³-hybridized carbons (Fsp3) is 0.235. The van der Waals surface area contributed by atoms with Gasteiger partial charge in [-0.3, -0.25) is 9.69 Å². The van der Waals surface area contributed by atoms with Gasteiger partial charge >= 0.3 is 0 Å². The predicted molar refractivity (Wildman–Crippen MR) is 89.4 cm³/mol. The van der Waals surface area contributed by atoms with Crippen molar-refractivity contribution in [2.24, 2.45) is 0 Å². The topological polar surface area (TPSA) is 41.6 Å². The summed E-state index contributed by atoms with van der Waals surface area (Å²) in [7, 11) is 3.46. The van der Waals surface area contributed by atoms with Crippen molar-refractivity contribution >= 4 is 23.2 Å². The predicted octanol–water partition coefficient (Wildman–Crippen LogP) is 3.42. The zero-order chi connectivity index (χ0) is 15.9. The largest absolute Gasteiger partial charge is 0.495 e. The van der Waals surface area contributed by atoms with E-state index in [1.165, 1.54) is 5.56 Å². The van der Waals surface area contributed by atoms with Crippen LogP contribution in [0.3, 0.4) is 0 Å². The number of halogens is 1. The molecule has 2 aromatic carbocycles. The van der Waals surface area contributed by atoms with Gasteiger partial charge in [-0.2, -0.15) is 0 Å². The maximum atomic E-state index is 12.1. The molecule has 0 spiro atoms. The highest BCUT2D eigenvalue weighted by Crippen LogP contribution is 2.27. The molecule has 0 aliphatic rings. The van der Waals surface area contributed by atoms with Gasteiger partial charge in [0.15, 0.2) is 0 Å². The second-order valence-electron chi connectivity index (χ2n) is 5.06. The van der Waals surface area contributed by atoms with Gasteiger partial charge in [-0.15, -0.1) is 0 Å². The van der Waals surface area contributed by atoms with E-state index in [2.05, 4.69) is 5.32 Å². The Kier molecular flexibility index (Phi) is 5.81. The van der Waals surface area contributed by atoms with Crippen molar-refractivity contribution < 1.29 is 9.53 Å². The number of hydrogen-bond donors (Lipinski definition) is 1. The van der Waals surface area contributed by atoms with Gasteiger partial charge in [-0.05, 0) is 30.8 Å². The van der Waals surface area contributed by atoms with E-state index in [1.54, 1.807) is 25.3 Å². The first kappa shape index (κ1) is 16.3. The second kappa shape index (κ2) is 7.82. The number of benzene rings is 2. The molecule has 0 aromatic heterocycles. The number of methoxy groups -OCH3 is 1. The summed E-state index contributed by atoms with van der Waals surface area (Å²) in [6.45, 7) is 1.02. The first-order valence-corrected chi connectivity index (χ1v) is 7.32. The van der Waals surface area contributed by atoms with Crippen molar-refractivity contribution in [3.63, 3.8) is 0 Å². The molecule has 4 nitrogen and oxygen atoms in total. The van der Waals surface area contributed by atoms with E-state index >= 15 is 0 Å².